The van der Waals surface area contributed by atoms with E-state index in [0.29, 0.717) is 0 Å². The maximum absolute atomic E-state index is 14.2. The molecule has 2 aromatic rings. The first-order valence-electron chi connectivity index (χ1n) is 19.2. The molecule has 6 amide bonds. The number of aromatic amines is 1. The summed E-state index contributed by atoms with van der Waals surface area (Å²) in [6.45, 7) is 19.9. The Labute approximate surface area is 319 Å². The Morgan fingerprint density at radius 2 is 1.06 bits per heavy atom. The monoisotopic (exact) mass is 750 g/mol. The summed E-state index contributed by atoms with van der Waals surface area (Å²) in [4.78, 5) is 90.8. The highest BCUT2D eigenvalue weighted by atomic mass is 16.2. The highest BCUT2D eigenvalue weighted by Crippen LogP contribution is 2.20. The molecule has 0 saturated heterocycles. The normalized spacial score (nSPS) is 26.0. The highest BCUT2D eigenvalue weighted by Gasteiger charge is 2.36. The molecule has 298 valence electrons. The van der Waals surface area contributed by atoms with E-state index in [0.717, 1.165) is 16.5 Å². The van der Waals surface area contributed by atoms with Crippen molar-refractivity contribution in [2.75, 3.05) is 0 Å². The average molecular weight is 751 g/mol. The van der Waals surface area contributed by atoms with Crippen molar-refractivity contribution >= 4 is 52.6 Å². The summed E-state index contributed by atoms with van der Waals surface area (Å²) in [6.07, 6.45) is 3.62. The molecule has 3 rings (SSSR count). The minimum absolute atomic E-state index is 0.0313. The maximum atomic E-state index is 14.2. The van der Waals surface area contributed by atoms with Crippen LogP contribution in [-0.4, -0.2) is 88.9 Å². The largest absolute Gasteiger partial charge is 0.361 e. The minimum atomic E-state index is -1.14. The lowest BCUT2D eigenvalue weighted by Crippen LogP contribution is -2.61. The van der Waals surface area contributed by atoms with Gasteiger partial charge < -0.3 is 36.9 Å². The molecule has 2 heterocycles. The van der Waals surface area contributed by atoms with Crippen LogP contribution in [0.2, 0.25) is 0 Å². The van der Waals surface area contributed by atoms with E-state index in [-0.39, 0.29) is 42.4 Å². The molecule has 0 saturated carbocycles. The molecule has 0 spiro atoms. The van der Waals surface area contributed by atoms with Crippen LogP contribution in [0.15, 0.2) is 35.5 Å². The first-order valence-corrected chi connectivity index (χ1v) is 19.2. The van der Waals surface area contributed by atoms with E-state index in [1.807, 2.05) is 52.0 Å². The highest BCUT2D eigenvalue weighted by molar-refractivity contribution is 5.98. The molecule has 0 aliphatic carbocycles. The molecular weight excluding hydrogens is 688 g/mol. The lowest BCUT2D eigenvalue weighted by Gasteiger charge is -2.30. The summed E-state index contributed by atoms with van der Waals surface area (Å²) in [5.74, 6) is -4.45. The van der Waals surface area contributed by atoms with Crippen LogP contribution in [0, 0.1) is 29.6 Å². The standard InChI is InChI=1S/C40H62N8O6/c1-20(2)16-29-37(51)47-34(24(9)10)40(54)48-33(23(7)8)39(53)45-31(21(3)4)19-41-25(11)35(49)46-32(22(5)6)38(52)44-30(36(50)43-29)17-26-18-42-28-15-13-12-14-27(26)28/h12-15,18-25,29-34,42H,16-17H2,1-11H3,(H,43,50)(H,44,52)(H,45,53)(H,46,49)(H,47,51)(H,48,54)/t25-,29+,30-,31?,32?,33+,34?/m0/s1. The van der Waals surface area contributed by atoms with Crippen LogP contribution in [-0.2, 0) is 35.2 Å². The maximum Gasteiger partial charge on any atom is 0.245 e. The summed E-state index contributed by atoms with van der Waals surface area (Å²) in [5, 5.41) is 18.1. The van der Waals surface area contributed by atoms with Gasteiger partial charge in [0, 0.05) is 29.7 Å². The van der Waals surface area contributed by atoms with E-state index in [4.69, 9.17) is 0 Å². The van der Waals surface area contributed by atoms with Crippen molar-refractivity contribution in [2.45, 2.75) is 131 Å². The van der Waals surface area contributed by atoms with Crippen molar-refractivity contribution in [1.29, 1.82) is 0 Å². The zero-order valence-corrected chi connectivity index (χ0v) is 33.7. The van der Waals surface area contributed by atoms with Crippen molar-refractivity contribution in [3.63, 3.8) is 0 Å². The van der Waals surface area contributed by atoms with Gasteiger partial charge in [-0.3, -0.25) is 33.8 Å². The SMILES string of the molecule is CC(C)C[C@H]1NC(=O)[C@H](Cc2c[nH]c3ccccc23)NC(=O)C(C(C)C)NC(=O)[C@H](C)N=CC(C(C)C)NC(=O)[C@@H](C(C)C)NC(=O)C(C(C)C)NC1=O. The minimum Gasteiger partial charge on any atom is -0.361 e. The van der Waals surface area contributed by atoms with Gasteiger partial charge in [0.1, 0.15) is 36.3 Å². The molecule has 14 nitrogen and oxygen atoms in total. The molecule has 0 bridgehead atoms. The van der Waals surface area contributed by atoms with E-state index in [1.165, 1.54) is 6.21 Å². The second kappa shape index (κ2) is 19.5. The van der Waals surface area contributed by atoms with Gasteiger partial charge in [0.25, 0.3) is 0 Å². The van der Waals surface area contributed by atoms with Crippen molar-refractivity contribution < 1.29 is 28.8 Å². The Hall–Kier alpha value is -4.75. The fourth-order valence-electron chi connectivity index (χ4n) is 6.26. The predicted molar refractivity (Wildman–Crippen MR) is 210 cm³/mol. The molecule has 54 heavy (non-hydrogen) atoms. The fourth-order valence-corrected chi connectivity index (χ4v) is 6.26. The summed E-state index contributed by atoms with van der Waals surface area (Å²) < 4.78 is 0. The number of aliphatic imine (C=N–C) groups is 1. The molecule has 14 heteroatoms. The van der Waals surface area contributed by atoms with Gasteiger partial charge in [-0.05, 0) is 54.6 Å². The number of nitrogens with one attached hydrogen (secondary N) is 7. The van der Waals surface area contributed by atoms with Crippen LogP contribution in [0.3, 0.4) is 0 Å². The Balaban J connectivity index is 2.12. The molecule has 3 unspecified atom stereocenters. The number of carbonyl (C=O) groups is 6. The number of nitrogens with zero attached hydrogens (tertiary/aromatic N) is 1. The number of fused-ring (bicyclic) bond motifs is 1. The Bertz CT molecular complexity index is 1660. The Morgan fingerprint density at radius 1 is 0.574 bits per heavy atom. The lowest BCUT2D eigenvalue weighted by atomic mass is 9.97. The van der Waals surface area contributed by atoms with Crippen LogP contribution in [0.1, 0.15) is 88.1 Å². The molecule has 7 atom stereocenters. The second-order valence-electron chi connectivity index (χ2n) is 16.3. The summed E-state index contributed by atoms with van der Waals surface area (Å²) in [7, 11) is 0. The smallest absolute Gasteiger partial charge is 0.245 e. The van der Waals surface area contributed by atoms with Crippen LogP contribution in [0.5, 0.6) is 0 Å². The Kier molecular flexibility index (Phi) is 15.8. The number of para-hydroxylation sites is 1. The first-order chi connectivity index (χ1) is 25.3. The quantitative estimate of drug-likeness (QED) is 0.216. The molecule has 7 N–H and O–H groups in total. The third-order valence-corrected chi connectivity index (χ3v) is 9.69. The van der Waals surface area contributed by atoms with Crippen molar-refractivity contribution in [3.8, 4) is 0 Å². The van der Waals surface area contributed by atoms with Gasteiger partial charge in [0.2, 0.25) is 35.4 Å². The number of amides is 6. The van der Waals surface area contributed by atoms with Crippen molar-refractivity contribution in [3.05, 3.63) is 36.0 Å². The Morgan fingerprint density at radius 3 is 1.61 bits per heavy atom. The fraction of sp³-hybridized carbons (Fsp3) is 0.625. The van der Waals surface area contributed by atoms with Gasteiger partial charge in [0.05, 0.1) is 6.04 Å². The van der Waals surface area contributed by atoms with Crippen molar-refractivity contribution in [2.24, 2.45) is 34.6 Å². The molecule has 1 aromatic carbocycles. The second-order valence-corrected chi connectivity index (χ2v) is 16.3. The summed E-state index contributed by atoms with van der Waals surface area (Å²) in [5.41, 5.74) is 1.63. The number of aromatic nitrogens is 1. The average Bonchev–Trinajstić information content (AvgIpc) is 3.50. The van der Waals surface area contributed by atoms with Gasteiger partial charge >= 0.3 is 0 Å². The van der Waals surface area contributed by atoms with E-state index in [2.05, 4.69) is 41.9 Å². The van der Waals surface area contributed by atoms with E-state index >= 15 is 0 Å². The van der Waals surface area contributed by atoms with Gasteiger partial charge in [-0.25, -0.2) is 0 Å². The summed E-state index contributed by atoms with van der Waals surface area (Å²) in [6, 6.07) is 0.906. The number of H-pyrrole nitrogens is 1. The van der Waals surface area contributed by atoms with Crippen LogP contribution in [0.25, 0.3) is 10.9 Å². The van der Waals surface area contributed by atoms with Crippen LogP contribution >= 0.6 is 0 Å². The van der Waals surface area contributed by atoms with Crippen LogP contribution < -0.4 is 31.9 Å². The van der Waals surface area contributed by atoms with Gasteiger partial charge in [-0.2, -0.15) is 0 Å². The molecule has 1 aliphatic rings. The molecular formula is C40H62N8O6. The lowest BCUT2D eigenvalue weighted by molar-refractivity contribution is -0.136. The summed E-state index contributed by atoms with van der Waals surface area (Å²) >= 11 is 0. The van der Waals surface area contributed by atoms with Crippen LogP contribution in [0.4, 0.5) is 0 Å². The van der Waals surface area contributed by atoms with Crippen molar-refractivity contribution in [1.82, 2.24) is 36.9 Å². The number of rotatable bonds is 8. The van der Waals surface area contributed by atoms with Gasteiger partial charge in [-0.15, -0.1) is 0 Å². The molecule has 0 radical (unpaired) electrons. The zero-order chi connectivity index (χ0) is 40.4. The molecule has 1 aromatic heterocycles. The third kappa shape index (κ3) is 11.9. The van der Waals surface area contributed by atoms with Gasteiger partial charge in [-0.1, -0.05) is 87.4 Å². The zero-order valence-electron chi connectivity index (χ0n) is 33.7. The molecule has 0 fully saturated rings. The predicted octanol–water partition coefficient (Wildman–Crippen LogP) is 2.76. The van der Waals surface area contributed by atoms with E-state index in [1.54, 1.807) is 54.7 Å². The molecule has 1 aliphatic heterocycles. The number of hydrogen-bond donors (Lipinski definition) is 7. The first kappa shape index (κ1) is 43.7. The van der Waals surface area contributed by atoms with E-state index in [9.17, 15) is 28.8 Å². The number of hydrogen-bond acceptors (Lipinski definition) is 7. The third-order valence-electron chi connectivity index (χ3n) is 9.69. The van der Waals surface area contributed by atoms with E-state index < -0.39 is 77.7 Å². The topological polar surface area (TPSA) is 203 Å². The number of benzene rings is 1. The number of carbonyl (C=O) groups excluding carboxylic acids is 6. The van der Waals surface area contributed by atoms with Gasteiger partial charge in [0.15, 0.2) is 0 Å².